The highest BCUT2D eigenvalue weighted by molar-refractivity contribution is 5.95. The third kappa shape index (κ3) is 2.87. The Morgan fingerprint density at radius 2 is 2.14 bits per heavy atom. The number of rotatable bonds is 5. The van der Waals surface area contributed by atoms with Crippen LogP contribution in [-0.2, 0) is 0 Å². The average molecular weight is 382 g/mol. The Bertz CT molecular complexity index is 1010. The predicted octanol–water partition coefficient (Wildman–Crippen LogP) is 1.82. The number of benzene rings is 1. The lowest BCUT2D eigenvalue weighted by atomic mass is 9.95. The number of para-hydroxylation sites is 1. The minimum Gasteiger partial charge on any atom is -0.494 e. The molecule has 8 heteroatoms. The number of hydrogen-bond acceptors (Lipinski definition) is 7. The summed E-state index contributed by atoms with van der Waals surface area (Å²) >= 11 is 0. The first-order chi connectivity index (χ1) is 13.7. The van der Waals surface area contributed by atoms with Gasteiger partial charge in [-0.1, -0.05) is 6.07 Å². The van der Waals surface area contributed by atoms with Gasteiger partial charge in [-0.25, -0.2) is 9.97 Å². The topological polar surface area (TPSA) is 102 Å². The lowest BCUT2D eigenvalue weighted by Crippen LogP contribution is -2.45. The highest BCUT2D eigenvalue weighted by Crippen LogP contribution is 2.38. The van der Waals surface area contributed by atoms with E-state index < -0.39 is 0 Å². The lowest BCUT2D eigenvalue weighted by molar-refractivity contribution is 0.0808. The van der Waals surface area contributed by atoms with E-state index in [9.17, 15) is 5.11 Å². The Hall–Kier alpha value is -2.45. The molecule has 2 atom stereocenters. The average Bonchev–Trinajstić information content (AvgIpc) is 3.44. The first kappa shape index (κ1) is 17.6. The van der Waals surface area contributed by atoms with Crippen LogP contribution >= 0.6 is 0 Å². The molecule has 0 amide bonds. The standard InChI is InChI=1S/C20H26N6O2/c1-28-16-6-2-5-14-17(16)22-20(21)26-19(14)23-18(24-26)13-4-3-9-25(10-13)15(11-27)12-7-8-12/h2,5-6,12-13,15,27H,3-4,7-11H2,1H3,(H2,21,22)/t13-,15-/m1/s1. The van der Waals surface area contributed by atoms with Gasteiger partial charge in [0.25, 0.3) is 0 Å². The van der Waals surface area contributed by atoms with Gasteiger partial charge in [-0.2, -0.15) is 4.52 Å². The molecule has 148 valence electrons. The summed E-state index contributed by atoms with van der Waals surface area (Å²) in [6.07, 6.45) is 4.60. The summed E-state index contributed by atoms with van der Waals surface area (Å²) in [4.78, 5) is 11.8. The summed E-state index contributed by atoms with van der Waals surface area (Å²) in [5.74, 6) is 2.68. The van der Waals surface area contributed by atoms with Gasteiger partial charge in [0, 0.05) is 23.9 Å². The molecule has 0 radical (unpaired) electrons. The van der Waals surface area contributed by atoms with E-state index >= 15 is 0 Å². The molecule has 0 spiro atoms. The number of likely N-dealkylation sites (tertiary alicyclic amines) is 1. The van der Waals surface area contributed by atoms with Crippen molar-refractivity contribution in [3.8, 4) is 5.75 Å². The number of aliphatic hydroxyl groups excluding tert-OH is 1. The van der Waals surface area contributed by atoms with Crippen LogP contribution in [0.2, 0.25) is 0 Å². The van der Waals surface area contributed by atoms with Gasteiger partial charge >= 0.3 is 0 Å². The fourth-order valence-electron chi connectivity index (χ4n) is 4.54. The van der Waals surface area contributed by atoms with Gasteiger partial charge in [-0.3, -0.25) is 4.90 Å². The van der Waals surface area contributed by atoms with Crippen LogP contribution < -0.4 is 10.5 Å². The molecule has 3 heterocycles. The molecule has 0 bridgehead atoms. The molecule has 3 aromatic rings. The normalized spacial score (nSPS) is 22.0. The minimum absolute atomic E-state index is 0.233. The van der Waals surface area contributed by atoms with Crippen molar-refractivity contribution in [2.24, 2.45) is 5.92 Å². The zero-order valence-electron chi connectivity index (χ0n) is 16.1. The first-order valence-corrected chi connectivity index (χ1v) is 10.0. The van der Waals surface area contributed by atoms with E-state index in [0.717, 1.165) is 42.8 Å². The van der Waals surface area contributed by atoms with Crippen molar-refractivity contribution < 1.29 is 9.84 Å². The number of nitrogens with zero attached hydrogens (tertiary/aromatic N) is 5. The number of aliphatic hydroxyl groups is 1. The fourth-order valence-corrected chi connectivity index (χ4v) is 4.54. The lowest BCUT2D eigenvalue weighted by Gasteiger charge is -2.36. The number of anilines is 1. The summed E-state index contributed by atoms with van der Waals surface area (Å²) in [7, 11) is 1.63. The second kappa shape index (κ2) is 6.86. The Morgan fingerprint density at radius 3 is 2.89 bits per heavy atom. The smallest absolute Gasteiger partial charge is 0.223 e. The summed E-state index contributed by atoms with van der Waals surface area (Å²) in [5.41, 5.74) is 7.60. The van der Waals surface area contributed by atoms with Crippen LogP contribution in [0, 0.1) is 5.92 Å². The molecule has 3 N–H and O–H groups in total. The van der Waals surface area contributed by atoms with Crippen molar-refractivity contribution in [2.75, 3.05) is 32.5 Å². The number of nitrogen functional groups attached to an aromatic ring is 1. The van der Waals surface area contributed by atoms with E-state index in [-0.39, 0.29) is 18.6 Å². The second-order valence-corrected chi connectivity index (χ2v) is 7.95. The molecule has 2 aromatic heterocycles. The molecule has 2 fully saturated rings. The zero-order chi connectivity index (χ0) is 19.3. The molecule has 0 unspecified atom stereocenters. The molecule has 5 rings (SSSR count). The molecule has 1 saturated carbocycles. The van der Waals surface area contributed by atoms with E-state index in [1.807, 2.05) is 18.2 Å². The van der Waals surface area contributed by atoms with E-state index in [2.05, 4.69) is 9.88 Å². The Kier molecular flexibility index (Phi) is 4.32. The van der Waals surface area contributed by atoms with Crippen LogP contribution in [0.1, 0.15) is 37.4 Å². The third-order valence-electron chi connectivity index (χ3n) is 6.17. The third-order valence-corrected chi connectivity index (χ3v) is 6.17. The van der Waals surface area contributed by atoms with Crippen LogP contribution in [0.4, 0.5) is 5.95 Å². The first-order valence-electron chi connectivity index (χ1n) is 10.0. The van der Waals surface area contributed by atoms with Crippen molar-refractivity contribution >= 4 is 22.5 Å². The summed E-state index contributed by atoms with van der Waals surface area (Å²) < 4.78 is 7.07. The minimum atomic E-state index is 0.233. The summed E-state index contributed by atoms with van der Waals surface area (Å²) in [6.45, 7) is 2.15. The van der Waals surface area contributed by atoms with E-state index in [1.165, 1.54) is 12.8 Å². The highest BCUT2D eigenvalue weighted by Gasteiger charge is 2.37. The van der Waals surface area contributed by atoms with Crippen molar-refractivity contribution in [1.82, 2.24) is 24.5 Å². The molecule has 28 heavy (non-hydrogen) atoms. The van der Waals surface area contributed by atoms with Crippen LogP contribution in [0.15, 0.2) is 18.2 Å². The molecule has 1 aliphatic heterocycles. The molecule has 2 aliphatic rings. The van der Waals surface area contributed by atoms with Crippen molar-refractivity contribution in [1.29, 1.82) is 0 Å². The van der Waals surface area contributed by atoms with Gasteiger partial charge in [0.1, 0.15) is 11.3 Å². The summed E-state index contributed by atoms with van der Waals surface area (Å²) in [5, 5.41) is 15.4. The van der Waals surface area contributed by atoms with Gasteiger partial charge in [-0.15, -0.1) is 5.10 Å². The predicted molar refractivity (Wildman–Crippen MR) is 106 cm³/mol. The Morgan fingerprint density at radius 1 is 1.29 bits per heavy atom. The maximum atomic E-state index is 9.85. The Balaban J connectivity index is 1.52. The number of hydrogen-bond donors (Lipinski definition) is 2. The maximum Gasteiger partial charge on any atom is 0.223 e. The van der Waals surface area contributed by atoms with Gasteiger partial charge in [0.15, 0.2) is 11.5 Å². The van der Waals surface area contributed by atoms with Crippen LogP contribution in [-0.4, -0.2) is 62.4 Å². The number of fused-ring (bicyclic) bond motifs is 3. The zero-order valence-corrected chi connectivity index (χ0v) is 16.1. The fraction of sp³-hybridized carbons (Fsp3) is 0.550. The van der Waals surface area contributed by atoms with Crippen LogP contribution in [0.5, 0.6) is 5.75 Å². The van der Waals surface area contributed by atoms with Crippen molar-refractivity contribution in [2.45, 2.75) is 37.6 Å². The number of methoxy groups -OCH3 is 1. The number of piperidine rings is 1. The SMILES string of the molecule is COc1cccc2c1nc(N)n1nc([C@@H]3CCCN([C@H](CO)C4CC4)C3)nc21. The molecule has 1 aliphatic carbocycles. The monoisotopic (exact) mass is 382 g/mol. The molecular formula is C20H26N6O2. The van der Waals surface area contributed by atoms with Crippen LogP contribution in [0.25, 0.3) is 16.6 Å². The summed E-state index contributed by atoms with van der Waals surface area (Å²) in [6, 6.07) is 6.04. The second-order valence-electron chi connectivity index (χ2n) is 7.95. The van der Waals surface area contributed by atoms with Crippen molar-refractivity contribution in [3.05, 3.63) is 24.0 Å². The van der Waals surface area contributed by atoms with Gasteiger partial charge in [0.2, 0.25) is 5.95 Å². The van der Waals surface area contributed by atoms with Gasteiger partial charge in [-0.05, 0) is 50.3 Å². The molecule has 8 nitrogen and oxygen atoms in total. The number of aromatic nitrogens is 4. The molecular weight excluding hydrogens is 356 g/mol. The van der Waals surface area contributed by atoms with E-state index in [4.69, 9.17) is 20.6 Å². The largest absolute Gasteiger partial charge is 0.494 e. The molecule has 1 aromatic carbocycles. The van der Waals surface area contributed by atoms with Gasteiger partial charge in [0.05, 0.1) is 13.7 Å². The Labute approximate surface area is 163 Å². The quantitative estimate of drug-likeness (QED) is 0.694. The van der Waals surface area contributed by atoms with Crippen LogP contribution in [0.3, 0.4) is 0 Å². The number of ether oxygens (including phenoxy) is 1. The maximum absolute atomic E-state index is 9.85. The number of nitrogens with two attached hydrogens (primary N) is 1. The van der Waals surface area contributed by atoms with E-state index in [1.54, 1.807) is 11.6 Å². The highest BCUT2D eigenvalue weighted by atomic mass is 16.5. The molecule has 1 saturated heterocycles. The van der Waals surface area contributed by atoms with E-state index in [0.29, 0.717) is 23.1 Å². The van der Waals surface area contributed by atoms with Gasteiger partial charge < -0.3 is 15.6 Å². The van der Waals surface area contributed by atoms with Crippen molar-refractivity contribution in [3.63, 3.8) is 0 Å².